The Morgan fingerprint density at radius 1 is 1.47 bits per heavy atom. The average Bonchev–Trinajstić information content (AvgIpc) is 2.25. The summed E-state index contributed by atoms with van der Waals surface area (Å²) in [6, 6.07) is 0. The number of hydrogen-bond acceptors (Lipinski definition) is 3. The Hall–Kier alpha value is -0.820. The molecule has 1 rings (SSSR count). The third-order valence-corrected chi connectivity index (χ3v) is 3.97. The van der Waals surface area contributed by atoms with Crippen LogP contribution in [0.15, 0.2) is 0 Å². The van der Waals surface area contributed by atoms with Crippen LogP contribution in [0.4, 0.5) is 13.2 Å². The molecule has 0 aromatic rings. The normalized spacial score (nSPS) is 29.8. The standard InChI is InChI=1S/C12H21F3N2O2/c1-5-19-8-6-11(16,10(8,2)3)9(18)17(4)7-12(13,14)15/h8H,5-7,16H2,1-4H3. The smallest absolute Gasteiger partial charge is 0.378 e. The van der Waals surface area contributed by atoms with Crippen LogP contribution in [0.1, 0.15) is 27.2 Å². The highest BCUT2D eigenvalue weighted by Crippen LogP contribution is 2.50. The van der Waals surface area contributed by atoms with Crippen LogP contribution in [0.3, 0.4) is 0 Å². The minimum atomic E-state index is -4.42. The van der Waals surface area contributed by atoms with Crippen LogP contribution in [0.2, 0.25) is 0 Å². The summed E-state index contributed by atoms with van der Waals surface area (Å²) in [6.45, 7) is 4.51. The second kappa shape index (κ2) is 4.94. The molecule has 0 radical (unpaired) electrons. The van der Waals surface area contributed by atoms with Crippen molar-refractivity contribution in [1.82, 2.24) is 4.90 Å². The molecule has 4 nitrogen and oxygen atoms in total. The Kier molecular flexibility index (Phi) is 4.22. The molecule has 1 fully saturated rings. The van der Waals surface area contributed by atoms with Crippen LogP contribution in [0.5, 0.6) is 0 Å². The van der Waals surface area contributed by atoms with Gasteiger partial charge in [-0.2, -0.15) is 13.2 Å². The predicted octanol–water partition coefficient (Wildman–Crippen LogP) is 1.54. The Labute approximate surface area is 111 Å². The van der Waals surface area contributed by atoms with Crippen molar-refractivity contribution in [3.05, 3.63) is 0 Å². The Balaban J connectivity index is 2.78. The van der Waals surface area contributed by atoms with E-state index in [1.165, 1.54) is 0 Å². The summed E-state index contributed by atoms with van der Waals surface area (Å²) in [4.78, 5) is 12.8. The van der Waals surface area contributed by atoms with E-state index in [2.05, 4.69) is 0 Å². The fourth-order valence-electron chi connectivity index (χ4n) is 2.48. The Morgan fingerprint density at radius 3 is 2.37 bits per heavy atom. The number of halogens is 3. The maximum Gasteiger partial charge on any atom is 0.406 e. The molecule has 0 bridgehead atoms. The molecule has 0 aromatic heterocycles. The molecule has 1 saturated carbocycles. The second-order valence-corrected chi connectivity index (χ2v) is 5.62. The molecule has 0 heterocycles. The number of ether oxygens (including phenoxy) is 1. The lowest BCUT2D eigenvalue weighted by atomic mass is 9.54. The molecule has 0 aromatic carbocycles. The summed E-state index contributed by atoms with van der Waals surface area (Å²) < 4.78 is 42.4. The van der Waals surface area contributed by atoms with E-state index in [-0.39, 0.29) is 12.5 Å². The number of nitrogens with zero attached hydrogens (tertiary/aromatic N) is 1. The minimum absolute atomic E-state index is 0.203. The van der Waals surface area contributed by atoms with Gasteiger partial charge in [0.15, 0.2) is 0 Å². The number of carbonyl (C=O) groups excluding carboxylic acids is 1. The first-order valence-electron chi connectivity index (χ1n) is 6.18. The zero-order chi connectivity index (χ0) is 15.1. The van der Waals surface area contributed by atoms with Crippen LogP contribution in [0, 0.1) is 5.41 Å². The summed E-state index contributed by atoms with van der Waals surface area (Å²) in [5, 5.41) is 0. The Morgan fingerprint density at radius 2 is 2.00 bits per heavy atom. The average molecular weight is 282 g/mol. The monoisotopic (exact) mass is 282 g/mol. The molecule has 1 aliphatic carbocycles. The molecular formula is C12H21F3N2O2. The fourth-order valence-corrected chi connectivity index (χ4v) is 2.48. The zero-order valence-corrected chi connectivity index (χ0v) is 11.7. The lowest BCUT2D eigenvalue weighted by Crippen LogP contribution is -2.76. The van der Waals surface area contributed by atoms with Crippen molar-refractivity contribution in [1.29, 1.82) is 0 Å². The van der Waals surface area contributed by atoms with Gasteiger partial charge in [-0.1, -0.05) is 13.8 Å². The SMILES string of the molecule is CCOC1CC(N)(C(=O)N(C)CC(F)(F)F)C1(C)C. The molecule has 7 heteroatoms. The summed E-state index contributed by atoms with van der Waals surface area (Å²) in [7, 11) is 1.12. The van der Waals surface area contributed by atoms with E-state index in [1.54, 1.807) is 13.8 Å². The first-order valence-corrected chi connectivity index (χ1v) is 6.18. The van der Waals surface area contributed by atoms with E-state index in [0.29, 0.717) is 11.5 Å². The first kappa shape index (κ1) is 16.2. The number of likely N-dealkylation sites (N-methyl/N-ethyl adjacent to an activating group) is 1. The van der Waals surface area contributed by atoms with Crippen LogP contribution in [0.25, 0.3) is 0 Å². The van der Waals surface area contributed by atoms with Crippen molar-refractivity contribution in [3.63, 3.8) is 0 Å². The Bertz CT molecular complexity index is 357. The van der Waals surface area contributed by atoms with E-state index in [4.69, 9.17) is 10.5 Å². The molecule has 19 heavy (non-hydrogen) atoms. The molecule has 2 N–H and O–H groups in total. The third kappa shape index (κ3) is 2.86. The molecule has 0 saturated heterocycles. The molecule has 2 atom stereocenters. The molecular weight excluding hydrogens is 261 g/mol. The molecule has 1 amide bonds. The van der Waals surface area contributed by atoms with E-state index in [9.17, 15) is 18.0 Å². The molecule has 112 valence electrons. The van der Waals surface area contributed by atoms with E-state index in [1.807, 2.05) is 6.92 Å². The second-order valence-electron chi connectivity index (χ2n) is 5.62. The van der Waals surface area contributed by atoms with Crippen LogP contribution >= 0.6 is 0 Å². The van der Waals surface area contributed by atoms with Gasteiger partial charge in [-0.15, -0.1) is 0 Å². The van der Waals surface area contributed by atoms with Gasteiger partial charge < -0.3 is 15.4 Å². The van der Waals surface area contributed by atoms with Gasteiger partial charge in [0.2, 0.25) is 5.91 Å². The number of rotatable bonds is 4. The molecule has 2 unspecified atom stereocenters. The van der Waals surface area contributed by atoms with Crippen LogP contribution < -0.4 is 5.73 Å². The fraction of sp³-hybridized carbons (Fsp3) is 0.917. The van der Waals surface area contributed by atoms with Crippen molar-refractivity contribution in [3.8, 4) is 0 Å². The largest absolute Gasteiger partial charge is 0.406 e. The first-order chi connectivity index (χ1) is 8.45. The highest BCUT2D eigenvalue weighted by molar-refractivity contribution is 5.88. The summed E-state index contributed by atoms with van der Waals surface area (Å²) >= 11 is 0. The summed E-state index contributed by atoms with van der Waals surface area (Å²) in [5.74, 6) is -0.689. The summed E-state index contributed by atoms with van der Waals surface area (Å²) in [5.41, 5.74) is 4.05. The van der Waals surface area contributed by atoms with E-state index >= 15 is 0 Å². The lowest BCUT2D eigenvalue weighted by Gasteiger charge is -2.58. The molecule has 1 aliphatic rings. The van der Waals surface area contributed by atoms with Crippen molar-refractivity contribution in [2.75, 3.05) is 20.2 Å². The number of carbonyl (C=O) groups is 1. The van der Waals surface area contributed by atoms with Crippen molar-refractivity contribution >= 4 is 5.91 Å². The van der Waals surface area contributed by atoms with Crippen LogP contribution in [-0.4, -0.2) is 48.8 Å². The van der Waals surface area contributed by atoms with Crippen LogP contribution in [-0.2, 0) is 9.53 Å². The van der Waals surface area contributed by atoms with Gasteiger partial charge in [-0.05, 0) is 6.92 Å². The van der Waals surface area contributed by atoms with Gasteiger partial charge >= 0.3 is 6.18 Å². The van der Waals surface area contributed by atoms with Gasteiger partial charge in [-0.25, -0.2) is 0 Å². The third-order valence-electron chi connectivity index (χ3n) is 3.97. The van der Waals surface area contributed by atoms with Gasteiger partial charge in [0, 0.05) is 25.5 Å². The van der Waals surface area contributed by atoms with Crippen molar-refractivity contribution < 1.29 is 22.7 Å². The number of amides is 1. The highest BCUT2D eigenvalue weighted by atomic mass is 19.4. The summed E-state index contributed by atoms with van der Waals surface area (Å²) in [6.07, 6.45) is -4.38. The van der Waals surface area contributed by atoms with Gasteiger partial charge in [0.1, 0.15) is 12.1 Å². The van der Waals surface area contributed by atoms with Gasteiger partial charge in [0.25, 0.3) is 0 Å². The maximum atomic E-state index is 12.3. The number of alkyl halides is 3. The van der Waals surface area contributed by atoms with Crippen molar-refractivity contribution in [2.24, 2.45) is 11.1 Å². The van der Waals surface area contributed by atoms with E-state index < -0.39 is 29.6 Å². The highest BCUT2D eigenvalue weighted by Gasteiger charge is 2.63. The van der Waals surface area contributed by atoms with Gasteiger partial charge in [0.05, 0.1) is 6.10 Å². The zero-order valence-electron chi connectivity index (χ0n) is 11.7. The number of hydrogen-bond donors (Lipinski definition) is 1. The molecule has 0 spiro atoms. The maximum absolute atomic E-state index is 12.3. The van der Waals surface area contributed by atoms with Gasteiger partial charge in [-0.3, -0.25) is 4.79 Å². The van der Waals surface area contributed by atoms with Crippen molar-refractivity contribution in [2.45, 2.75) is 45.0 Å². The lowest BCUT2D eigenvalue weighted by molar-refractivity contribution is -0.188. The predicted molar refractivity (Wildman–Crippen MR) is 64.4 cm³/mol. The number of nitrogens with two attached hydrogens (primary N) is 1. The van der Waals surface area contributed by atoms with E-state index in [0.717, 1.165) is 7.05 Å². The molecule has 0 aliphatic heterocycles. The quantitative estimate of drug-likeness (QED) is 0.851. The minimum Gasteiger partial charge on any atom is -0.378 e. The topological polar surface area (TPSA) is 55.6 Å².